The molecule has 33 heavy (non-hydrogen) atoms. The number of nitrogens with one attached hydrogen (secondary N) is 1. The van der Waals surface area contributed by atoms with E-state index in [0.717, 1.165) is 0 Å². The Kier molecular flexibility index (Phi) is 9.80. The highest BCUT2D eigenvalue weighted by Crippen LogP contribution is 2.50. The van der Waals surface area contributed by atoms with Crippen LogP contribution in [0.5, 0.6) is 0 Å². The molecular weight excluding hydrogens is 561 g/mol. The van der Waals surface area contributed by atoms with E-state index < -0.39 is 25.2 Å². The molecule has 1 heterocycles. The lowest BCUT2D eigenvalue weighted by Gasteiger charge is -2.36. The van der Waals surface area contributed by atoms with Crippen molar-refractivity contribution >= 4 is 99.4 Å². The second-order valence-corrected chi connectivity index (χ2v) is 11.1. The van der Waals surface area contributed by atoms with Crippen LogP contribution in [-0.4, -0.2) is 58.0 Å². The summed E-state index contributed by atoms with van der Waals surface area (Å²) in [6.45, 7) is 3.41. The third kappa shape index (κ3) is 7.16. The van der Waals surface area contributed by atoms with Crippen LogP contribution in [-0.2, 0) is 24.7 Å². The van der Waals surface area contributed by atoms with E-state index in [9.17, 15) is 9.59 Å². The third-order valence-corrected chi connectivity index (χ3v) is 5.60. The maximum absolute atomic E-state index is 12.0. The molecule has 2 rings (SSSR count). The Balaban J connectivity index is 2.45. The van der Waals surface area contributed by atoms with Crippen molar-refractivity contribution < 1.29 is 19.1 Å². The largest absolute Gasteiger partial charge is 0.465 e. The molecule has 1 aromatic rings. The van der Waals surface area contributed by atoms with Gasteiger partial charge in [-0.05, 0) is 26.0 Å². The van der Waals surface area contributed by atoms with Gasteiger partial charge in [-0.25, -0.2) is 9.98 Å². The summed E-state index contributed by atoms with van der Waals surface area (Å²) in [6.07, 6.45) is 1.22. The first-order valence-electron chi connectivity index (χ1n) is 9.54. The minimum absolute atomic E-state index is 0.0934. The molecule has 14 heteroatoms. The molecule has 1 unspecified atom stereocenters. The van der Waals surface area contributed by atoms with E-state index in [1.54, 1.807) is 38.1 Å². The van der Waals surface area contributed by atoms with Crippen LogP contribution in [0.1, 0.15) is 19.4 Å². The Labute approximate surface area is 221 Å². The fraction of sp³-hybridized carbons (Fsp3) is 0.474. The molecule has 0 aromatic heterocycles. The molecule has 0 spiro atoms. The average molecular weight is 581 g/mol. The van der Waals surface area contributed by atoms with Gasteiger partial charge < -0.3 is 19.7 Å². The van der Waals surface area contributed by atoms with Crippen molar-refractivity contribution in [3.05, 3.63) is 29.8 Å². The summed E-state index contributed by atoms with van der Waals surface area (Å²) in [4.78, 5) is 34.1. The van der Waals surface area contributed by atoms with Gasteiger partial charge >= 0.3 is 11.9 Å². The van der Waals surface area contributed by atoms with E-state index in [1.165, 1.54) is 11.2 Å². The highest BCUT2D eigenvalue weighted by Gasteiger charge is 2.53. The van der Waals surface area contributed by atoms with E-state index in [0.29, 0.717) is 11.3 Å². The predicted molar refractivity (Wildman–Crippen MR) is 133 cm³/mol. The van der Waals surface area contributed by atoms with Gasteiger partial charge in [-0.1, -0.05) is 81.7 Å². The lowest BCUT2D eigenvalue weighted by molar-refractivity contribution is -0.142. The first-order valence-corrected chi connectivity index (χ1v) is 11.8. The van der Waals surface area contributed by atoms with E-state index in [2.05, 4.69) is 15.3 Å². The molecule has 1 N–H and O–H groups in total. The molecule has 8 nitrogen and oxygen atoms in total. The molecular formula is C19H20Cl6N4O4. The summed E-state index contributed by atoms with van der Waals surface area (Å²) in [5, 5.41) is 2.63. The highest BCUT2D eigenvalue weighted by molar-refractivity contribution is 6.77. The average Bonchev–Trinajstić information content (AvgIpc) is 2.72. The van der Waals surface area contributed by atoms with E-state index in [4.69, 9.17) is 79.1 Å². The number of alkyl halides is 6. The van der Waals surface area contributed by atoms with Crippen LogP contribution in [0.3, 0.4) is 0 Å². The number of carbonyl (C=O) groups excluding carboxylic acids is 2. The van der Waals surface area contributed by atoms with Gasteiger partial charge in [-0.2, -0.15) is 0 Å². The SMILES string of the molecule is CCOC(=O)CN(CC(=O)OCC)c1ccc(C2(C(Cl)(Cl)Cl)N=CNC(C(Cl)(Cl)Cl)=N2)cc1. The first kappa shape index (κ1) is 28.1. The molecule has 1 aliphatic heterocycles. The van der Waals surface area contributed by atoms with Gasteiger partial charge in [-0.3, -0.25) is 9.59 Å². The molecule has 1 atom stereocenters. The Morgan fingerprint density at radius 3 is 1.91 bits per heavy atom. The predicted octanol–water partition coefficient (Wildman–Crippen LogP) is 4.54. The van der Waals surface area contributed by atoms with E-state index in [1.807, 2.05) is 0 Å². The number of nitrogens with zero attached hydrogens (tertiary/aromatic N) is 3. The number of carbonyl (C=O) groups is 2. The topological polar surface area (TPSA) is 92.6 Å². The van der Waals surface area contributed by atoms with Crippen LogP contribution in [0.2, 0.25) is 0 Å². The van der Waals surface area contributed by atoms with Crippen molar-refractivity contribution in [3.8, 4) is 0 Å². The molecule has 0 amide bonds. The lowest BCUT2D eigenvalue weighted by atomic mass is 10.0. The first-order chi connectivity index (χ1) is 15.3. The number of amidine groups is 1. The minimum Gasteiger partial charge on any atom is -0.465 e. The Hall–Kier alpha value is -1.16. The van der Waals surface area contributed by atoms with Gasteiger partial charge in [0.1, 0.15) is 13.1 Å². The van der Waals surface area contributed by atoms with Gasteiger partial charge in [0.15, 0.2) is 5.84 Å². The zero-order valence-electron chi connectivity index (χ0n) is 17.5. The summed E-state index contributed by atoms with van der Waals surface area (Å²) in [5.41, 5.74) is -0.917. The molecule has 0 fully saturated rings. The van der Waals surface area contributed by atoms with Crippen LogP contribution in [0.15, 0.2) is 34.3 Å². The Bertz CT molecular complexity index is 894. The number of esters is 2. The zero-order valence-corrected chi connectivity index (χ0v) is 22.0. The summed E-state index contributed by atoms with van der Waals surface area (Å²) >= 11 is 36.6. The number of halogens is 6. The zero-order chi connectivity index (χ0) is 24.9. The van der Waals surface area contributed by atoms with Crippen LogP contribution < -0.4 is 10.2 Å². The maximum atomic E-state index is 12.0. The summed E-state index contributed by atoms with van der Waals surface area (Å²) in [5.74, 6) is -1.11. The molecule has 0 saturated carbocycles. The van der Waals surface area contributed by atoms with Gasteiger partial charge in [0.25, 0.3) is 0 Å². The smallest absolute Gasteiger partial charge is 0.325 e. The van der Waals surface area contributed by atoms with E-state index in [-0.39, 0.29) is 32.1 Å². The monoisotopic (exact) mass is 578 g/mol. The maximum Gasteiger partial charge on any atom is 0.325 e. The number of rotatable bonds is 8. The number of anilines is 1. The van der Waals surface area contributed by atoms with Crippen LogP contribution in [0, 0.1) is 0 Å². The van der Waals surface area contributed by atoms with Crippen molar-refractivity contribution in [3.63, 3.8) is 0 Å². The molecule has 0 bridgehead atoms. The van der Waals surface area contributed by atoms with Gasteiger partial charge in [0.2, 0.25) is 13.2 Å². The molecule has 1 aromatic carbocycles. The fourth-order valence-corrected chi connectivity index (χ4v) is 3.75. The molecule has 0 saturated heterocycles. The molecule has 0 aliphatic carbocycles. The van der Waals surface area contributed by atoms with Gasteiger partial charge in [0.05, 0.1) is 19.6 Å². The lowest BCUT2D eigenvalue weighted by Crippen LogP contribution is -2.47. The number of ether oxygens (including phenoxy) is 2. The van der Waals surface area contributed by atoms with Gasteiger partial charge in [-0.15, -0.1) is 0 Å². The second-order valence-electron chi connectivity index (χ2n) is 6.54. The summed E-state index contributed by atoms with van der Waals surface area (Å²) < 4.78 is 5.99. The minimum atomic E-state index is -2.07. The fourth-order valence-electron chi connectivity index (χ4n) is 2.86. The highest BCUT2D eigenvalue weighted by atomic mass is 35.6. The number of aliphatic imine (C=N–C) groups is 2. The second kappa shape index (κ2) is 11.5. The van der Waals surface area contributed by atoms with Crippen molar-refractivity contribution in [2.45, 2.75) is 27.1 Å². The van der Waals surface area contributed by atoms with Crippen molar-refractivity contribution in [2.24, 2.45) is 9.98 Å². The molecule has 0 radical (unpaired) electrons. The quantitative estimate of drug-likeness (QED) is 0.358. The van der Waals surface area contributed by atoms with Crippen molar-refractivity contribution in [1.82, 2.24) is 5.32 Å². The van der Waals surface area contributed by atoms with Gasteiger partial charge in [0, 0.05) is 11.3 Å². The number of hydrogen-bond donors (Lipinski definition) is 1. The third-order valence-electron chi connectivity index (χ3n) is 4.28. The standard InChI is InChI=1S/C19H20Cl6N4O4/c1-3-32-14(30)9-29(10-15(31)33-4-2)13-7-5-12(6-8-13)17(19(23,24)25)27-11-26-16(28-17)18(20,21)22/h5-8,11H,3-4,9-10H2,1-2H3,(H,26,27,28). The van der Waals surface area contributed by atoms with Crippen LogP contribution in [0.4, 0.5) is 5.69 Å². The summed E-state index contributed by atoms with van der Waals surface area (Å²) in [7, 11) is 0. The van der Waals surface area contributed by atoms with Crippen molar-refractivity contribution in [1.29, 1.82) is 0 Å². The number of benzene rings is 1. The van der Waals surface area contributed by atoms with E-state index >= 15 is 0 Å². The normalized spacial score (nSPS) is 18.2. The Morgan fingerprint density at radius 2 is 1.48 bits per heavy atom. The Morgan fingerprint density at radius 1 is 0.970 bits per heavy atom. The molecule has 1 aliphatic rings. The number of hydrogen-bond acceptors (Lipinski definition) is 8. The molecule has 182 valence electrons. The van der Waals surface area contributed by atoms with Crippen LogP contribution >= 0.6 is 69.6 Å². The van der Waals surface area contributed by atoms with Crippen molar-refractivity contribution in [2.75, 3.05) is 31.2 Å². The summed E-state index contributed by atoms with van der Waals surface area (Å²) in [6, 6.07) is 6.35. The van der Waals surface area contributed by atoms with Crippen LogP contribution in [0.25, 0.3) is 0 Å².